The van der Waals surface area contributed by atoms with Gasteiger partial charge < -0.3 is 20.1 Å². The Morgan fingerprint density at radius 2 is 1.83 bits per heavy atom. The maximum Gasteiger partial charge on any atom is 0.228 e. The highest BCUT2D eigenvalue weighted by Crippen LogP contribution is 2.37. The smallest absolute Gasteiger partial charge is 0.228 e. The van der Waals surface area contributed by atoms with Crippen LogP contribution in [0.2, 0.25) is 0 Å². The van der Waals surface area contributed by atoms with E-state index >= 15 is 0 Å². The molecule has 2 aliphatic heterocycles. The molecule has 2 aliphatic rings. The molecular weight excluding hydrogens is 374 g/mol. The van der Waals surface area contributed by atoms with Crippen molar-refractivity contribution in [1.82, 2.24) is 24.8 Å². The molecule has 0 saturated carbocycles. The summed E-state index contributed by atoms with van der Waals surface area (Å²) >= 11 is 0. The van der Waals surface area contributed by atoms with Crippen molar-refractivity contribution in [3.8, 4) is 0 Å². The Labute approximate surface area is 175 Å². The van der Waals surface area contributed by atoms with Gasteiger partial charge in [0.2, 0.25) is 5.95 Å². The van der Waals surface area contributed by atoms with Crippen LogP contribution in [0.25, 0.3) is 21.8 Å². The summed E-state index contributed by atoms with van der Waals surface area (Å²) in [6, 6.07) is 10.8. The van der Waals surface area contributed by atoms with Crippen molar-refractivity contribution < 1.29 is 0 Å². The summed E-state index contributed by atoms with van der Waals surface area (Å²) in [4.78, 5) is 16.3. The molecule has 0 radical (unpaired) electrons. The van der Waals surface area contributed by atoms with Gasteiger partial charge in [-0.2, -0.15) is 0 Å². The van der Waals surface area contributed by atoms with Crippen LogP contribution in [0.4, 0.5) is 17.5 Å². The number of hydrogen-bond donors (Lipinski definition) is 2. The van der Waals surface area contributed by atoms with E-state index < -0.39 is 0 Å². The first kappa shape index (κ1) is 17.7. The van der Waals surface area contributed by atoms with Crippen LogP contribution in [0.1, 0.15) is 19.9 Å². The van der Waals surface area contributed by atoms with Crippen molar-refractivity contribution in [2.24, 2.45) is 5.41 Å². The van der Waals surface area contributed by atoms with E-state index in [0.717, 1.165) is 48.4 Å². The first-order valence-corrected chi connectivity index (χ1v) is 10.6. The van der Waals surface area contributed by atoms with E-state index in [9.17, 15) is 0 Å². The van der Waals surface area contributed by atoms with Crippen molar-refractivity contribution in [2.45, 2.75) is 19.9 Å². The summed E-state index contributed by atoms with van der Waals surface area (Å²) in [7, 11) is 0. The molecule has 30 heavy (non-hydrogen) atoms. The molecule has 2 saturated heterocycles. The lowest BCUT2D eigenvalue weighted by atomic mass is 9.74. The quantitative estimate of drug-likeness (QED) is 0.545. The molecule has 2 fully saturated rings. The van der Waals surface area contributed by atoms with Gasteiger partial charge in [0, 0.05) is 60.8 Å². The van der Waals surface area contributed by atoms with Gasteiger partial charge in [-0.3, -0.25) is 0 Å². The van der Waals surface area contributed by atoms with E-state index in [-0.39, 0.29) is 0 Å². The minimum Gasteiger partial charge on any atom is -0.369 e. The Hall–Kier alpha value is -3.19. The molecule has 3 aromatic heterocycles. The second-order valence-electron chi connectivity index (χ2n) is 8.94. The number of nitrogens with one attached hydrogen (secondary N) is 2. The summed E-state index contributed by atoms with van der Waals surface area (Å²) in [6.07, 6.45) is 5.94. The van der Waals surface area contributed by atoms with Gasteiger partial charge in [0.25, 0.3) is 0 Å². The predicted molar refractivity (Wildman–Crippen MR) is 120 cm³/mol. The van der Waals surface area contributed by atoms with Gasteiger partial charge in [-0.05, 0) is 32.0 Å². The summed E-state index contributed by atoms with van der Waals surface area (Å²) in [6.45, 7) is 8.89. The van der Waals surface area contributed by atoms with E-state index in [4.69, 9.17) is 4.98 Å². The molecule has 4 aromatic rings. The number of anilines is 3. The summed E-state index contributed by atoms with van der Waals surface area (Å²) in [5, 5.41) is 8.88. The van der Waals surface area contributed by atoms with Gasteiger partial charge in [0.15, 0.2) is 0 Å². The van der Waals surface area contributed by atoms with E-state index in [1.165, 1.54) is 11.1 Å². The minimum atomic E-state index is 0.366. The normalized spacial score (nSPS) is 17.5. The Kier molecular flexibility index (Phi) is 3.77. The van der Waals surface area contributed by atoms with Crippen LogP contribution < -0.4 is 15.5 Å². The first-order valence-electron chi connectivity index (χ1n) is 10.6. The summed E-state index contributed by atoms with van der Waals surface area (Å²) in [5.74, 6) is 1.32. The van der Waals surface area contributed by atoms with Gasteiger partial charge in [-0.15, -0.1) is 0 Å². The molecular formula is C23H25N7. The first-order chi connectivity index (χ1) is 14.6. The summed E-state index contributed by atoms with van der Waals surface area (Å²) in [5.41, 5.74) is 3.79. The van der Waals surface area contributed by atoms with Crippen molar-refractivity contribution in [3.63, 3.8) is 0 Å². The SMILES string of the molecule is CC(C)n1ccc2ccc3cnc(Nc4ccc(N5CC6(CNC6)C5)cn4)nc3c21. The average molecular weight is 400 g/mol. The maximum atomic E-state index is 4.84. The van der Waals surface area contributed by atoms with Crippen LogP contribution in [0.5, 0.6) is 0 Å². The predicted octanol–water partition coefficient (Wildman–Crippen LogP) is 3.71. The van der Waals surface area contributed by atoms with Crippen LogP contribution in [-0.2, 0) is 0 Å². The molecule has 7 nitrogen and oxygen atoms in total. The van der Waals surface area contributed by atoms with Crippen molar-refractivity contribution >= 4 is 39.3 Å². The average Bonchev–Trinajstić information content (AvgIpc) is 3.12. The van der Waals surface area contributed by atoms with Crippen molar-refractivity contribution in [2.75, 3.05) is 36.4 Å². The molecule has 1 aromatic carbocycles. The van der Waals surface area contributed by atoms with Crippen LogP contribution in [0, 0.1) is 5.41 Å². The Balaban J connectivity index is 1.27. The zero-order valence-corrected chi connectivity index (χ0v) is 17.3. The fourth-order valence-electron chi connectivity index (χ4n) is 4.64. The molecule has 152 valence electrons. The molecule has 0 unspecified atom stereocenters. The molecule has 5 heterocycles. The van der Waals surface area contributed by atoms with Gasteiger partial charge in [-0.25, -0.2) is 15.0 Å². The Morgan fingerprint density at radius 3 is 2.53 bits per heavy atom. The third-order valence-corrected chi connectivity index (χ3v) is 6.39. The monoisotopic (exact) mass is 399 g/mol. The minimum absolute atomic E-state index is 0.366. The van der Waals surface area contributed by atoms with Crippen molar-refractivity contribution in [3.05, 3.63) is 48.9 Å². The lowest BCUT2D eigenvalue weighted by Gasteiger charge is -2.57. The second kappa shape index (κ2) is 6.40. The largest absolute Gasteiger partial charge is 0.369 e. The number of rotatable bonds is 4. The lowest BCUT2D eigenvalue weighted by Crippen LogP contribution is -2.71. The standard InChI is InChI=1S/C23H25N7/c1-15(2)30-8-7-16-3-4-17-9-26-22(28-20(17)21(16)30)27-19-6-5-18(10-25-19)29-13-23(14-29)11-24-12-23/h3-10,15,24H,11-14H2,1-2H3,(H,25,26,27,28). The number of benzene rings is 1. The van der Waals surface area contributed by atoms with Crippen LogP contribution in [-0.4, -0.2) is 45.7 Å². The van der Waals surface area contributed by atoms with E-state index in [0.29, 0.717) is 17.4 Å². The van der Waals surface area contributed by atoms with Gasteiger partial charge in [0.05, 0.1) is 17.4 Å². The van der Waals surface area contributed by atoms with Gasteiger partial charge in [-0.1, -0.05) is 12.1 Å². The zero-order chi connectivity index (χ0) is 20.3. The number of fused-ring (bicyclic) bond motifs is 3. The molecule has 1 spiro atoms. The molecule has 0 atom stereocenters. The second-order valence-corrected chi connectivity index (χ2v) is 8.94. The van der Waals surface area contributed by atoms with E-state index in [1.54, 1.807) is 0 Å². The lowest BCUT2D eigenvalue weighted by molar-refractivity contribution is 0.121. The molecule has 6 rings (SSSR count). The summed E-state index contributed by atoms with van der Waals surface area (Å²) < 4.78 is 2.26. The van der Waals surface area contributed by atoms with Crippen LogP contribution in [0.3, 0.4) is 0 Å². The zero-order valence-electron chi connectivity index (χ0n) is 17.3. The van der Waals surface area contributed by atoms with Gasteiger partial charge >= 0.3 is 0 Å². The Morgan fingerprint density at radius 1 is 1.00 bits per heavy atom. The third kappa shape index (κ3) is 2.73. The fraction of sp³-hybridized carbons (Fsp3) is 0.348. The van der Waals surface area contributed by atoms with Crippen molar-refractivity contribution in [1.29, 1.82) is 0 Å². The highest BCUT2D eigenvalue weighted by molar-refractivity contribution is 6.03. The Bertz CT molecular complexity index is 1230. The van der Waals surface area contributed by atoms with E-state index in [2.05, 4.69) is 74.4 Å². The van der Waals surface area contributed by atoms with Crippen LogP contribution >= 0.6 is 0 Å². The number of pyridine rings is 1. The molecule has 7 heteroatoms. The molecule has 0 aliphatic carbocycles. The highest BCUT2D eigenvalue weighted by atomic mass is 15.3. The fourth-order valence-corrected chi connectivity index (χ4v) is 4.64. The highest BCUT2D eigenvalue weighted by Gasteiger charge is 2.47. The van der Waals surface area contributed by atoms with Gasteiger partial charge in [0.1, 0.15) is 11.3 Å². The molecule has 0 amide bonds. The number of hydrogen-bond acceptors (Lipinski definition) is 6. The van der Waals surface area contributed by atoms with Crippen LogP contribution in [0.15, 0.2) is 48.9 Å². The third-order valence-electron chi connectivity index (χ3n) is 6.39. The maximum absolute atomic E-state index is 4.84. The number of aromatic nitrogens is 4. The number of nitrogens with zero attached hydrogens (tertiary/aromatic N) is 5. The topological polar surface area (TPSA) is 70.9 Å². The van der Waals surface area contributed by atoms with E-state index in [1.807, 2.05) is 18.5 Å². The molecule has 0 bridgehead atoms. The molecule has 2 N–H and O–H groups in total.